The number of nitrogens with zero attached hydrogens (tertiary/aromatic N) is 1. The lowest BCUT2D eigenvalue weighted by molar-refractivity contribution is 1.34. The molecule has 1 nitrogen and oxygen atoms in total. The Balaban J connectivity index is 0.000000371. The Bertz CT molecular complexity index is 169. The molecule has 1 atom stereocenters. The standard InChI is InChI=1S/C6H8NP.C2H6/c1-5-2-3-7-6(8)4-5;1-2/h2-4H,8H2,1H3;1-2H3. The number of aromatic nitrogens is 1. The van der Waals surface area contributed by atoms with Gasteiger partial charge in [0.2, 0.25) is 0 Å². The topological polar surface area (TPSA) is 12.9 Å². The Morgan fingerprint density at radius 2 is 2.00 bits per heavy atom. The van der Waals surface area contributed by atoms with Gasteiger partial charge in [-0.25, -0.2) is 0 Å². The van der Waals surface area contributed by atoms with Crippen LogP contribution in [0.25, 0.3) is 0 Å². The van der Waals surface area contributed by atoms with Gasteiger partial charge in [0.25, 0.3) is 0 Å². The summed E-state index contributed by atoms with van der Waals surface area (Å²) in [5, 5.41) is 0. The maximum Gasteiger partial charge on any atom is 0.0571 e. The molecule has 1 rings (SSSR count). The zero-order valence-corrected chi connectivity index (χ0v) is 7.91. The van der Waals surface area contributed by atoms with Gasteiger partial charge in [-0.2, -0.15) is 0 Å². The van der Waals surface area contributed by atoms with Crippen molar-refractivity contribution in [3.05, 3.63) is 23.9 Å². The van der Waals surface area contributed by atoms with Gasteiger partial charge in [0.1, 0.15) is 0 Å². The molecule has 1 unspecified atom stereocenters. The molecule has 0 aliphatic rings. The van der Waals surface area contributed by atoms with Crippen LogP contribution < -0.4 is 5.44 Å². The van der Waals surface area contributed by atoms with Crippen LogP contribution in [-0.4, -0.2) is 4.98 Å². The van der Waals surface area contributed by atoms with Crippen LogP contribution in [0.5, 0.6) is 0 Å². The monoisotopic (exact) mass is 155 g/mol. The molecule has 1 aromatic rings. The first-order valence-electron chi connectivity index (χ1n) is 3.47. The van der Waals surface area contributed by atoms with Crippen molar-refractivity contribution in [2.24, 2.45) is 0 Å². The van der Waals surface area contributed by atoms with Crippen LogP contribution in [0.15, 0.2) is 18.3 Å². The van der Waals surface area contributed by atoms with Crippen LogP contribution in [0.4, 0.5) is 0 Å². The molecule has 0 aliphatic heterocycles. The van der Waals surface area contributed by atoms with Crippen molar-refractivity contribution < 1.29 is 0 Å². The Morgan fingerprint density at radius 3 is 2.30 bits per heavy atom. The zero-order valence-electron chi connectivity index (χ0n) is 6.76. The van der Waals surface area contributed by atoms with Gasteiger partial charge >= 0.3 is 0 Å². The summed E-state index contributed by atoms with van der Waals surface area (Å²) in [7, 11) is 2.55. The minimum Gasteiger partial charge on any atom is -0.257 e. The minimum absolute atomic E-state index is 1.00. The summed E-state index contributed by atoms with van der Waals surface area (Å²) < 4.78 is 0. The van der Waals surface area contributed by atoms with Gasteiger partial charge in [-0.15, -0.1) is 0 Å². The van der Waals surface area contributed by atoms with Crippen molar-refractivity contribution in [2.75, 3.05) is 0 Å². The molecule has 0 radical (unpaired) electrons. The highest BCUT2D eigenvalue weighted by Gasteiger charge is 1.82. The van der Waals surface area contributed by atoms with E-state index in [1.165, 1.54) is 5.56 Å². The van der Waals surface area contributed by atoms with Crippen molar-refractivity contribution >= 4 is 14.7 Å². The number of rotatable bonds is 0. The molecule has 0 fully saturated rings. The lowest BCUT2D eigenvalue weighted by Crippen LogP contribution is -1.94. The van der Waals surface area contributed by atoms with Gasteiger partial charge < -0.3 is 0 Å². The molecular formula is C8H14NP. The molecule has 56 valence electrons. The van der Waals surface area contributed by atoms with E-state index in [1.54, 1.807) is 6.20 Å². The van der Waals surface area contributed by atoms with Crippen LogP contribution in [0.1, 0.15) is 19.4 Å². The third kappa shape index (κ3) is 3.58. The first-order chi connectivity index (χ1) is 4.79. The van der Waals surface area contributed by atoms with Gasteiger partial charge in [-0.05, 0) is 24.6 Å². The molecule has 10 heavy (non-hydrogen) atoms. The normalized spacial score (nSPS) is 8.00. The minimum atomic E-state index is 1.00. The summed E-state index contributed by atoms with van der Waals surface area (Å²) in [5.41, 5.74) is 2.26. The number of hydrogen-bond acceptors (Lipinski definition) is 1. The van der Waals surface area contributed by atoms with E-state index in [2.05, 4.69) is 21.1 Å². The summed E-state index contributed by atoms with van der Waals surface area (Å²) in [6, 6.07) is 4.00. The molecule has 0 aromatic carbocycles. The van der Waals surface area contributed by atoms with Gasteiger partial charge in [0.05, 0.1) is 5.44 Å². The third-order valence-corrected chi connectivity index (χ3v) is 1.25. The van der Waals surface area contributed by atoms with Gasteiger partial charge in [0, 0.05) is 6.20 Å². The van der Waals surface area contributed by atoms with Crippen LogP contribution in [0.3, 0.4) is 0 Å². The highest BCUT2D eigenvalue weighted by molar-refractivity contribution is 7.26. The molecule has 0 saturated heterocycles. The first kappa shape index (κ1) is 9.58. The average Bonchev–Trinajstić information content (AvgIpc) is 1.91. The third-order valence-electron chi connectivity index (χ3n) is 0.937. The molecule has 0 amide bonds. The van der Waals surface area contributed by atoms with Gasteiger partial charge in [-0.3, -0.25) is 4.98 Å². The fourth-order valence-corrected chi connectivity index (χ4v) is 0.909. The van der Waals surface area contributed by atoms with Crippen LogP contribution >= 0.6 is 9.24 Å². The maximum absolute atomic E-state index is 4.00. The molecule has 1 heterocycles. The predicted molar refractivity (Wildman–Crippen MR) is 49.7 cm³/mol. The Labute approximate surface area is 65.1 Å². The Hall–Kier alpha value is -0.420. The molecule has 0 spiro atoms. The molecular weight excluding hydrogens is 141 g/mol. The Kier molecular flexibility index (Phi) is 5.15. The van der Waals surface area contributed by atoms with E-state index in [9.17, 15) is 0 Å². The zero-order chi connectivity index (χ0) is 7.98. The first-order valence-corrected chi connectivity index (χ1v) is 4.05. The van der Waals surface area contributed by atoms with Crippen molar-refractivity contribution in [1.29, 1.82) is 0 Å². The molecule has 0 bridgehead atoms. The van der Waals surface area contributed by atoms with Gasteiger partial charge in [0.15, 0.2) is 0 Å². The largest absolute Gasteiger partial charge is 0.257 e. The van der Waals surface area contributed by atoms with E-state index in [4.69, 9.17) is 0 Å². The maximum atomic E-state index is 4.00. The van der Waals surface area contributed by atoms with Crippen LogP contribution in [0.2, 0.25) is 0 Å². The summed E-state index contributed by atoms with van der Waals surface area (Å²) in [4.78, 5) is 4.00. The lowest BCUT2D eigenvalue weighted by atomic mass is 10.3. The Morgan fingerprint density at radius 1 is 1.40 bits per heavy atom. The van der Waals surface area contributed by atoms with Crippen molar-refractivity contribution in [1.82, 2.24) is 4.98 Å². The van der Waals surface area contributed by atoms with E-state index >= 15 is 0 Å². The van der Waals surface area contributed by atoms with E-state index < -0.39 is 0 Å². The predicted octanol–water partition coefficient (Wildman–Crippen LogP) is 1.92. The highest BCUT2D eigenvalue weighted by atomic mass is 31.0. The van der Waals surface area contributed by atoms with Crippen molar-refractivity contribution in [2.45, 2.75) is 20.8 Å². The van der Waals surface area contributed by atoms with E-state index in [0.29, 0.717) is 0 Å². The molecule has 0 saturated carbocycles. The fraction of sp³-hybridized carbons (Fsp3) is 0.375. The van der Waals surface area contributed by atoms with Crippen LogP contribution in [-0.2, 0) is 0 Å². The van der Waals surface area contributed by atoms with Crippen LogP contribution in [0, 0.1) is 6.92 Å². The quantitative estimate of drug-likeness (QED) is 0.521. The molecule has 0 aliphatic carbocycles. The number of aryl methyl sites for hydroxylation is 1. The smallest absolute Gasteiger partial charge is 0.0571 e. The second kappa shape index (κ2) is 5.37. The van der Waals surface area contributed by atoms with E-state index in [1.807, 2.05) is 26.0 Å². The highest BCUT2D eigenvalue weighted by Crippen LogP contribution is 1.91. The molecule has 2 heteroatoms. The summed E-state index contributed by atoms with van der Waals surface area (Å²) >= 11 is 0. The summed E-state index contributed by atoms with van der Waals surface area (Å²) in [6.07, 6.45) is 1.80. The average molecular weight is 155 g/mol. The molecule has 0 N–H and O–H groups in total. The summed E-state index contributed by atoms with van der Waals surface area (Å²) in [6.45, 7) is 6.05. The number of pyridine rings is 1. The van der Waals surface area contributed by atoms with E-state index in [-0.39, 0.29) is 0 Å². The van der Waals surface area contributed by atoms with Crippen molar-refractivity contribution in [3.8, 4) is 0 Å². The van der Waals surface area contributed by atoms with Gasteiger partial charge in [-0.1, -0.05) is 23.1 Å². The SMILES string of the molecule is CC.Cc1ccnc(P)c1. The molecule has 1 aromatic heterocycles. The van der Waals surface area contributed by atoms with E-state index in [0.717, 1.165) is 5.44 Å². The van der Waals surface area contributed by atoms with Crippen molar-refractivity contribution in [3.63, 3.8) is 0 Å². The fourth-order valence-electron chi connectivity index (χ4n) is 0.560. The lowest BCUT2D eigenvalue weighted by Gasteiger charge is -1.89. The summed E-state index contributed by atoms with van der Waals surface area (Å²) in [5.74, 6) is 0. The number of hydrogen-bond donors (Lipinski definition) is 0. The second-order valence-corrected chi connectivity index (χ2v) is 2.35. The second-order valence-electron chi connectivity index (χ2n) is 1.76.